The highest BCUT2D eigenvalue weighted by molar-refractivity contribution is 7.89. The van der Waals surface area contributed by atoms with Gasteiger partial charge in [-0.25, -0.2) is 8.42 Å². The molecule has 2 heterocycles. The highest BCUT2D eigenvalue weighted by Gasteiger charge is 2.37. The van der Waals surface area contributed by atoms with Crippen LogP contribution in [0.15, 0.2) is 4.90 Å². The lowest BCUT2D eigenvalue weighted by Crippen LogP contribution is -2.32. The van der Waals surface area contributed by atoms with Crippen molar-refractivity contribution in [2.24, 2.45) is 11.7 Å². The molecule has 6 nitrogen and oxygen atoms in total. The van der Waals surface area contributed by atoms with Gasteiger partial charge in [0.25, 0.3) is 0 Å². The van der Waals surface area contributed by atoms with Crippen molar-refractivity contribution in [1.29, 1.82) is 0 Å². The molecule has 1 aromatic rings. The van der Waals surface area contributed by atoms with Crippen LogP contribution in [0, 0.1) is 19.8 Å². The fourth-order valence-electron chi connectivity index (χ4n) is 2.19. The minimum absolute atomic E-state index is 0.0858. The molecule has 2 atom stereocenters. The summed E-state index contributed by atoms with van der Waals surface area (Å²) in [6, 6.07) is -0.0858. The average molecular weight is 258 g/mol. The van der Waals surface area contributed by atoms with E-state index in [4.69, 9.17) is 5.73 Å². The van der Waals surface area contributed by atoms with E-state index in [1.165, 1.54) is 4.31 Å². The summed E-state index contributed by atoms with van der Waals surface area (Å²) >= 11 is 0. The summed E-state index contributed by atoms with van der Waals surface area (Å²) in [5.41, 5.74) is 6.95. The van der Waals surface area contributed by atoms with Crippen LogP contribution < -0.4 is 5.73 Å². The molecule has 96 valence electrons. The Morgan fingerprint density at radius 2 is 2.06 bits per heavy atom. The Morgan fingerprint density at radius 1 is 1.41 bits per heavy atom. The van der Waals surface area contributed by atoms with Crippen LogP contribution in [0.2, 0.25) is 0 Å². The van der Waals surface area contributed by atoms with Crippen molar-refractivity contribution in [2.75, 3.05) is 13.1 Å². The van der Waals surface area contributed by atoms with E-state index in [0.717, 1.165) is 0 Å². The zero-order valence-corrected chi connectivity index (χ0v) is 11.1. The maximum absolute atomic E-state index is 12.4. The van der Waals surface area contributed by atoms with Crippen LogP contribution in [0.25, 0.3) is 0 Å². The van der Waals surface area contributed by atoms with Crippen LogP contribution in [-0.4, -0.2) is 42.1 Å². The Kier molecular flexibility index (Phi) is 3.01. The third-order valence-electron chi connectivity index (χ3n) is 3.30. The normalized spacial score (nSPS) is 26.6. The van der Waals surface area contributed by atoms with E-state index in [9.17, 15) is 8.42 Å². The number of rotatable bonds is 2. The standard InChI is InChI=1S/C10H18N4O2S/c1-6-4-14(5-9(6)11)17(15,16)10-7(2)12-13-8(10)3/h6,9H,4-5,11H2,1-3H3,(H,12,13). The molecule has 17 heavy (non-hydrogen) atoms. The molecule has 0 amide bonds. The van der Waals surface area contributed by atoms with Crippen LogP contribution in [-0.2, 0) is 10.0 Å². The molecule has 1 aromatic heterocycles. The van der Waals surface area contributed by atoms with E-state index in [0.29, 0.717) is 29.4 Å². The molecule has 7 heteroatoms. The highest BCUT2D eigenvalue weighted by Crippen LogP contribution is 2.26. The summed E-state index contributed by atoms with van der Waals surface area (Å²) in [6.07, 6.45) is 0. The van der Waals surface area contributed by atoms with Crippen molar-refractivity contribution >= 4 is 10.0 Å². The third-order valence-corrected chi connectivity index (χ3v) is 5.39. The first-order valence-corrected chi connectivity index (χ1v) is 7.05. The summed E-state index contributed by atoms with van der Waals surface area (Å²) in [4.78, 5) is 0.291. The molecule has 0 aliphatic carbocycles. The third kappa shape index (κ3) is 1.98. The Balaban J connectivity index is 2.39. The van der Waals surface area contributed by atoms with Crippen molar-refractivity contribution in [2.45, 2.75) is 31.7 Å². The van der Waals surface area contributed by atoms with Gasteiger partial charge in [0, 0.05) is 19.1 Å². The van der Waals surface area contributed by atoms with Gasteiger partial charge in [-0.2, -0.15) is 9.40 Å². The fraction of sp³-hybridized carbons (Fsp3) is 0.700. The summed E-state index contributed by atoms with van der Waals surface area (Å²) in [7, 11) is -3.46. The number of H-pyrrole nitrogens is 1. The van der Waals surface area contributed by atoms with Gasteiger partial charge in [-0.1, -0.05) is 6.92 Å². The lowest BCUT2D eigenvalue weighted by atomic mass is 10.1. The van der Waals surface area contributed by atoms with Crippen molar-refractivity contribution in [3.8, 4) is 0 Å². The number of aromatic nitrogens is 2. The van der Waals surface area contributed by atoms with Crippen molar-refractivity contribution < 1.29 is 8.42 Å². The maximum atomic E-state index is 12.4. The zero-order valence-electron chi connectivity index (χ0n) is 10.3. The molecule has 0 aromatic carbocycles. The predicted octanol–water partition coefficient (Wildman–Crippen LogP) is -0.00576. The number of nitrogens with zero attached hydrogens (tertiary/aromatic N) is 2. The van der Waals surface area contributed by atoms with Gasteiger partial charge in [-0.15, -0.1) is 0 Å². The van der Waals surface area contributed by atoms with Gasteiger partial charge in [-0.3, -0.25) is 5.10 Å². The number of nitrogens with two attached hydrogens (primary N) is 1. The largest absolute Gasteiger partial charge is 0.326 e. The Labute approximate surface area is 101 Å². The second kappa shape index (κ2) is 4.08. The first-order valence-electron chi connectivity index (χ1n) is 5.61. The number of sulfonamides is 1. The van der Waals surface area contributed by atoms with Crippen LogP contribution in [0.1, 0.15) is 18.3 Å². The molecule has 0 saturated carbocycles. The number of hydrogen-bond acceptors (Lipinski definition) is 4. The molecule has 3 N–H and O–H groups in total. The summed E-state index contributed by atoms with van der Waals surface area (Å²) < 4.78 is 26.3. The Bertz CT molecular complexity index is 493. The second-order valence-electron chi connectivity index (χ2n) is 4.73. The molecule has 1 aliphatic heterocycles. The molecule has 1 aliphatic rings. The number of aromatic amines is 1. The quantitative estimate of drug-likeness (QED) is 0.780. The van der Waals surface area contributed by atoms with Crippen LogP contribution >= 0.6 is 0 Å². The van der Waals surface area contributed by atoms with Gasteiger partial charge in [0.15, 0.2) is 0 Å². The number of aryl methyl sites for hydroxylation is 2. The Morgan fingerprint density at radius 3 is 2.47 bits per heavy atom. The lowest BCUT2D eigenvalue weighted by molar-refractivity contribution is 0.463. The van der Waals surface area contributed by atoms with Crippen molar-refractivity contribution in [3.05, 3.63) is 11.4 Å². The number of nitrogens with one attached hydrogen (secondary N) is 1. The van der Waals surface area contributed by atoms with Gasteiger partial charge in [0.1, 0.15) is 4.90 Å². The fourth-order valence-corrected chi connectivity index (χ4v) is 4.10. The van der Waals surface area contributed by atoms with Crippen molar-refractivity contribution in [1.82, 2.24) is 14.5 Å². The molecule has 2 unspecified atom stereocenters. The molecule has 0 bridgehead atoms. The monoisotopic (exact) mass is 258 g/mol. The molecule has 2 rings (SSSR count). The van der Waals surface area contributed by atoms with Gasteiger partial charge < -0.3 is 5.73 Å². The molecular weight excluding hydrogens is 240 g/mol. The van der Waals surface area contributed by atoms with E-state index in [1.54, 1.807) is 13.8 Å². The predicted molar refractivity (Wildman–Crippen MR) is 64.0 cm³/mol. The SMILES string of the molecule is Cc1n[nH]c(C)c1S(=O)(=O)N1CC(C)C(N)C1. The summed E-state index contributed by atoms with van der Waals surface area (Å²) in [6.45, 7) is 6.23. The maximum Gasteiger partial charge on any atom is 0.246 e. The van der Waals surface area contributed by atoms with Gasteiger partial charge in [0.2, 0.25) is 10.0 Å². The zero-order chi connectivity index (χ0) is 12.8. The van der Waals surface area contributed by atoms with E-state index in [1.807, 2.05) is 6.92 Å². The average Bonchev–Trinajstić information content (AvgIpc) is 2.72. The molecule has 0 spiro atoms. The van der Waals surface area contributed by atoms with Gasteiger partial charge in [-0.05, 0) is 19.8 Å². The van der Waals surface area contributed by atoms with E-state index < -0.39 is 10.0 Å². The lowest BCUT2D eigenvalue weighted by Gasteiger charge is -2.16. The summed E-state index contributed by atoms with van der Waals surface area (Å²) in [5.74, 6) is 0.192. The van der Waals surface area contributed by atoms with E-state index >= 15 is 0 Å². The molecule has 1 saturated heterocycles. The van der Waals surface area contributed by atoms with Crippen LogP contribution in [0.5, 0.6) is 0 Å². The molecule has 0 radical (unpaired) electrons. The molecule has 1 fully saturated rings. The minimum Gasteiger partial charge on any atom is -0.326 e. The number of hydrogen-bond donors (Lipinski definition) is 2. The first kappa shape index (κ1) is 12.5. The summed E-state index contributed by atoms with van der Waals surface area (Å²) in [5, 5.41) is 6.63. The highest BCUT2D eigenvalue weighted by atomic mass is 32.2. The topological polar surface area (TPSA) is 92.1 Å². The Hall–Kier alpha value is -0.920. The van der Waals surface area contributed by atoms with E-state index in [2.05, 4.69) is 10.2 Å². The van der Waals surface area contributed by atoms with Crippen LogP contribution in [0.4, 0.5) is 0 Å². The molecular formula is C10H18N4O2S. The van der Waals surface area contributed by atoms with Gasteiger partial charge in [0.05, 0.1) is 11.4 Å². The van der Waals surface area contributed by atoms with E-state index in [-0.39, 0.29) is 12.0 Å². The van der Waals surface area contributed by atoms with Crippen molar-refractivity contribution in [3.63, 3.8) is 0 Å². The van der Waals surface area contributed by atoms with Crippen LogP contribution in [0.3, 0.4) is 0 Å². The smallest absolute Gasteiger partial charge is 0.246 e. The second-order valence-corrected chi connectivity index (χ2v) is 6.60. The van der Waals surface area contributed by atoms with Gasteiger partial charge >= 0.3 is 0 Å². The first-order chi connectivity index (χ1) is 7.84. The minimum atomic E-state index is -3.46.